The van der Waals surface area contributed by atoms with Crippen LogP contribution in [0.4, 0.5) is 5.82 Å². The number of piperidine rings is 1. The molecule has 0 spiro atoms. The van der Waals surface area contributed by atoms with Gasteiger partial charge in [0.1, 0.15) is 17.4 Å². The number of aliphatic imine (C=N–C) groups is 2. The van der Waals surface area contributed by atoms with E-state index in [-0.39, 0.29) is 5.91 Å². The average Bonchev–Trinajstić information content (AvgIpc) is 2.82. The Balaban J connectivity index is 1.57. The number of anilines is 1. The van der Waals surface area contributed by atoms with Crippen LogP contribution in [-0.4, -0.2) is 48.0 Å². The highest BCUT2D eigenvalue weighted by molar-refractivity contribution is 6.06. The molecule has 0 unspecified atom stereocenters. The number of hydrogen-bond donors (Lipinski definition) is 3. The summed E-state index contributed by atoms with van der Waals surface area (Å²) in [4.78, 5) is 27.5. The lowest BCUT2D eigenvalue weighted by Gasteiger charge is -2.32. The largest absolute Gasteiger partial charge is 0.382 e. The molecule has 33 heavy (non-hydrogen) atoms. The zero-order valence-electron chi connectivity index (χ0n) is 18.8. The molecule has 0 saturated carbocycles. The van der Waals surface area contributed by atoms with Crippen LogP contribution in [-0.2, 0) is 0 Å². The molecule has 1 atom stereocenters. The molecule has 0 bridgehead atoms. The summed E-state index contributed by atoms with van der Waals surface area (Å²) < 4.78 is 0. The van der Waals surface area contributed by atoms with Crippen LogP contribution in [0.2, 0.25) is 0 Å². The SMILES string of the molecule is C=N/C(=C1/C(N)=NC=CN1C[C@@H]1CCCNC1)c1ccc(C(=O)Nc2cc(C)ccn2)cc1. The third-order valence-corrected chi connectivity index (χ3v) is 5.80. The number of nitrogens with one attached hydrogen (secondary N) is 2. The summed E-state index contributed by atoms with van der Waals surface area (Å²) in [5.74, 6) is 1.20. The van der Waals surface area contributed by atoms with Gasteiger partial charge in [0, 0.05) is 36.3 Å². The number of amidine groups is 1. The highest BCUT2D eigenvalue weighted by Crippen LogP contribution is 2.27. The maximum absolute atomic E-state index is 12.6. The maximum Gasteiger partial charge on any atom is 0.256 e. The number of carbonyl (C=O) groups is 1. The summed E-state index contributed by atoms with van der Waals surface area (Å²) in [6.45, 7) is 8.59. The fourth-order valence-corrected chi connectivity index (χ4v) is 4.12. The van der Waals surface area contributed by atoms with E-state index in [9.17, 15) is 4.79 Å². The van der Waals surface area contributed by atoms with E-state index in [0.717, 1.165) is 42.9 Å². The number of aryl methyl sites for hydroxylation is 1. The quantitative estimate of drug-likeness (QED) is 0.595. The minimum atomic E-state index is -0.228. The standard InChI is InChI=1S/C25H29N7O/c1-17-9-11-29-21(14-17)31-25(33)20-7-5-19(6-8-20)22(27-2)23-24(26)30-12-13-32(23)16-18-4-3-10-28-15-18/h5-9,11-14,18,28H,2-4,10,15-16H2,1H3,(H2,26,30)(H,29,31,33)/b23-22-/t18-/m1/s1. The third-order valence-electron chi connectivity index (χ3n) is 5.80. The molecule has 8 heteroatoms. The van der Waals surface area contributed by atoms with Gasteiger partial charge in [0.05, 0.1) is 5.70 Å². The van der Waals surface area contributed by atoms with Crippen LogP contribution in [0.25, 0.3) is 5.70 Å². The summed E-state index contributed by atoms with van der Waals surface area (Å²) in [7, 11) is 0. The van der Waals surface area contributed by atoms with Crippen molar-refractivity contribution in [1.29, 1.82) is 0 Å². The first-order chi connectivity index (χ1) is 16.0. The summed E-state index contributed by atoms with van der Waals surface area (Å²) >= 11 is 0. The Morgan fingerprint density at radius 3 is 2.79 bits per heavy atom. The second kappa shape index (κ2) is 10.2. The summed E-state index contributed by atoms with van der Waals surface area (Å²) in [6.07, 6.45) is 7.64. The van der Waals surface area contributed by atoms with Gasteiger partial charge < -0.3 is 21.3 Å². The van der Waals surface area contributed by atoms with Crippen molar-refractivity contribution in [2.24, 2.45) is 21.6 Å². The van der Waals surface area contributed by atoms with E-state index in [1.807, 2.05) is 37.4 Å². The highest BCUT2D eigenvalue weighted by atomic mass is 16.1. The van der Waals surface area contributed by atoms with E-state index in [0.29, 0.717) is 28.8 Å². The number of aromatic nitrogens is 1. The second-order valence-corrected chi connectivity index (χ2v) is 8.28. The summed E-state index contributed by atoms with van der Waals surface area (Å²) in [5, 5.41) is 6.28. The van der Waals surface area contributed by atoms with Gasteiger partial charge in [-0.2, -0.15) is 0 Å². The Bertz CT molecular complexity index is 1110. The lowest BCUT2D eigenvalue weighted by molar-refractivity contribution is 0.102. The molecule has 2 aromatic rings. The number of rotatable bonds is 6. The Morgan fingerprint density at radius 1 is 1.30 bits per heavy atom. The van der Waals surface area contributed by atoms with E-state index in [4.69, 9.17) is 5.73 Å². The molecule has 1 amide bonds. The summed E-state index contributed by atoms with van der Waals surface area (Å²) in [5.41, 5.74) is 10.0. The lowest BCUT2D eigenvalue weighted by atomic mass is 9.98. The van der Waals surface area contributed by atoms with Crippen molar-refractivity contribution >= 4 is 30.0 Å². The third kappa shape index (κ3) is 5.35. The summed E-state index contributed by atoms with van der Waals surface area (Å²) in [6, 6.07) is 10.9. The van der Waals surface area contributed by atoms with E-state index < -0.39 is 0 Å². The molecule has 8 nitrogen and oxygen atoms in total. The van der Waals surface area contributed by atoms with Crippen molar-refractivity contribution in [2.45, 2.75) is 19.8 Å². The van der Waals surface area contributed by atoms with Gasteiger partial charge in [-0.1, -0.05) is 12.1 Å². The molecule has 1 saturated heterocycles. The molecule has 2 aliphatic heterocycles. The maximum atomic E-state index is 12.6. The lowest BCUT2D eigenvalue weighted by Crippen LogP contribution is -2.39. The Labute approximate surface area is 194 Å². The minimum absolute atomic E-state index is 0.228. The van der Waals surface area contributed by atoms with E-state index in [2.05, 4.69) is 37.2 Å². The molecule has 1 fully saturated rings. The highest BCUT2D eigenvalue weighted by Gasteiger charge is 2.24. The molecule has 1 aromatic carbocycles. The van der Waals surface area contributed by atoms with Crippen LogP contribution in [0.1, 0.15) is 34.3 Å². The number of nitrogens with zero attached hydrogens (tertiary/aromatic N) is 4. The molecule has 0 aliphatic carbocycles. The van der Waals surface area contributed by atoms with E-state index in [1.165, 1.54) is 6.42 Å². The van der Waals surface area contributed by atoms with Crippen LogP contribution in [0.3, 0.4) is 0 Å². The number of benzene rings is 1. The van der Waals surface area contributed by atoms with Crippen molar-refractivity contribution in [3.8, 4) is 0 Å². The molecule has 3 heterocycles. The first-order valence-electron chi connectivity index (χ1n) is 11.1. The Hall–Kier alpha value is -3.78. The number of carbonyl (C=O) groups excluding carboxylic acids is 1. The molecule has 4 N–H and O–H groups in total. The van der Waals surface area contributed by atoms with Crippen molar-refractivity contribution in [3.05, 3.63) is 77.4 Å². The first-order valence-corrected chi connectivity index (χ1v) is 11.1. The van der Waals surface area contributed by atoms with Crippen LogP contribution < -0.4 is 16.4 Å². The van der Waals surface area contributed by atoms with Crippen LogP contribution in [0.15, 0.2) is 70.7 Å². The smallest absolute Gasteiger partial charge is 0.256 e. The fourth-order valence-electron chi connectivity index (χ4n) is 4.12. The zero-order valence-corrected chi connectivity index (χ0v) is 18.8. The van der Waals surface area contributed by atoms with Crippen molar-refractivity contribution in [3.63, 3.8) is 0 Å². The normalized spacial score (nSPS) is 19.6. The van der Waals surface area contributed by atoms with Gasteiger partial charge in [0.25, 0.3) is 5.91 Å². The number of amides is 1. The van der Waals surface area contributed by atoms with Crippen molar-refractivity contribution in [1.82, 2.24) is 15.2 Å². The first kappa shape index (κ1) is 22.4. The Kier molecular flexibility index (Phi) is 6.95. The number of nitrogens with two attached hydrogens (primary N) is 1. The Morgan fingerprint density at radius 2 is 2.09 bits per heavy atom. The van der Waals surface area contributed by atoms with Gasteiger partial charge in [-0.25, -0.2) is 9.98 Å². The van der Waals surface area contributed by atoms with Crippen LogP contribution in [0.5, 0.6) is 0 Å². The monoisotopic (exact) mass is 443 g/mol. The molecular formula is C25H29N7O. The van der Waals surface area contributed by atoms with Gasteiger partial charge in [-0.15, -0.1) is 0 Å². The van der Waals surface area contributed by atoms with Gasteiger partial charge >= 0.3 is 0 Å². The second-order valence-electron chi connectivity index (χ2n) is 8.28. The van der Waals surface area contributed by atoms with Crippen molar-refractivity contribution in [2.75, 3.05) is 25.0 Å². The molecule has 1 aromatic heterocycles. The predicted octanol–water partition coefficient (Wildman–Crippen LogP) is 3.16. The molecule has 4 rings (SSSR count). The van der Waals surface area contributed by atoms with Gasteiger partial charge in [0.2, 0.25) is 0 Å². The van der Waals surface area contributed by atoms with Crippen molar-refractivity contribution < 1.29 is 4.79 Å². The molecule has 0 radical (unpaired) electrons. The van der Waals surface area contributed by atoms with Gasteiger partial charge in [0.15, 0.2) is 0 Å². The molecule has 2 aliphatic rings. The topological polar surface area (TPSA) is 108 Å². The van der Waals surface area contributed by atoms with E-state index >= 15 is 0 Å². The average molecular weight is 444 g/mol. The predicted molar refractivity (Wildman–Crippen MR) is 133 cm³/mol. The van der Waals surface area contributed by atoms with Gasteiger partial charge in [-0.05, 0) is 75.3 Å². The molecule has 170 valence electrons. The fraction of sp³-hybridized carbons (Fsp3) is 0.280. The zero-order chi connectivity index (χ0) is 23.2. The minimum Gasteiger partial charge on any atom is -0.382 e. The van der Waals surface area contributed by atoms with Crippen LogP contribution in [0, 0.1) is 12.8 Å². The molecular weight excluding hydrogens is 414 g/mol. The van der Waals surface area contributed by atoms with Gasteiger partial charge in [-0.3, -0.25) is 9.79 Å². The van der Waals surface area contributed by atoms with Crippen LogP contribution >= 0.6 is 0 Å². The number of hydrogen-bond acceptors (Lipinski definition) is 7. The number of pyridine rings is 1. The van der Waals surface area contributed by atoms with E-state index in [1.54, 1.807) is 24.5 Å².